The molecule has 0 radical (unpaired) electrons. The van der Waals surface area contributed by atoms with Crippen LogP contribution >= 0.6 is 0 Å². The highest BCUT2D eigenvalue weighted by Gasteiger charge is 2.35. The molecule has 2 atom stereocenters. The van der Waals surface area contributed by atoms with Crippen molar-refractivity contribution >= 4 is 9.84 Å². The molecule has 4 nitrogen and oxygen atoms in total. The lowest BCUT2D eigenvalue weighted by Crippen LogP contribution is -2.47. The molecule has 2 unspecified atom stereocenters. The summed E-state index contributed by atoms with van der Waals surface area (Å²) in [4.78, 5) is 0.330. The van der Waals surface area contributed by atoms with Crippen LogP contribution in [-0.2, 0) is 20.0 Å². The molecule has 112 valence electrons. The van der Waals surface area contributed by atoms with Gasteiger partial charge < -0.3 is 10.5 Å². The second-order valence-corrected chi connectivity index (χ2v) is 8.55. The van der Waals surface area contributed by atoms with Crippen molar-refractivity contribution < 1.29 is 13.2 Å². The van der Waals surface area contributed by atoms with Gasteiger partial charge in [0.15, 0.2) is 9.84 Å². The molecule has 2 rings (SSSR count). The van der Waals surface area contributed by atoms with Crippen LogP contribution in [0.5, 0.6) is 0 Å². The minimum Gasteiger partial charge on any atom is -0.380 e. The molecule has 0 spiro atoms. The first-order valence-corrected chi connectivity index (χ1v) is 8.45. The third kappa shape index (κ3) is 3.05. The van der Waals surface area contributed by atoms with Gasteiger partial charge in [0, 0.05) is 12.6 Å². The van der Waals surface area contributed by atoms with E-state index in [2.05, 4.69) is 20.8 Å². The summed E-state index contributed by atoms with van der Waals surface area (Å²) >= 11 is 0. The topological polar surface area (TPSA) is 69.4 Å². The maximum Gasteiger partial charge on any atom is 0.185 e. The zero-order chi connectivity index (χ0) is 15.0. The number of hydrogen-bond donors (Lipinski definition) is 1. The molecule has 1 heterocycles. The summed E-state index contributed by atoms with van der Waals surface area (Å²) < 4.78 is 30.5. The average molecular weight is 297 g/mol. The molecule has 1 aliphatic heterocycles. The van der Waals surface area contributed by atoms with Crippen LogP contribution in [0, 0.1) is 0 Å². The Kier molecular flexibility index (Phi) is 4.23. The van der Waals surface area contributed by atoms with Crippen molar-refractivity contribution in [2.75, 3.05) is 13.2 Å². The quantitative estimate of drug-likeness (QED) is 0.905. The first kappa shape index (κ1) is 15.5. The van der Waals surface area contributed by atoms with Gasteiger partial charge in [0.2, 0.25) is 0 Å². The van der Waals surface area contributed by atoms with E-state index in [1.165, 1.54) is 0 Å². The number of ether oxygens (including phenoxy) is 1. The maximum absolute atomic E-state index is 12.6. The summed E-state index contributed by atoms with van der Waals surface area (Å²) in [6.07, 6.45) is 0.587. The van der Waals surface area contributed by atoms with E-state index in [0.717, 1.165) is 5.56 Å². The molecule has 1 aromatic rings. The van der Waals surface area contributed by atoms with E-state index < -0.39 is 15.1 Å². The van der Waals surface area contributed by atoms with Crippen LogP contribution < -0.4 is 5.73 Å². The van der Waals surface area contributed by atoms with Crippen LogP contribution in [0.25, 0.3) is 0 Å². The molecule has 0 amide bonds. The Morgan fingerprint density at radius 2 is 1.80 bits per heavy atom. The molecule has 1 aromatic carbocycles. The Labute approximate surface area is 121 Å². The Morgan fingerprint density at radius 1 is 1.20 bits per heavy atom. The normalized spacial score (nSPS) is 24.6. The van der Waals surface area contributed by atoms with Gasteiger partial charge >= 0.3 is 0 Å². The van der Waals surface area contributed by atoms with E-state index in [1.54, 1.807) is 12.1 Å². The van der Waals surface area contributed by atoms with E-state index in [-0.39, 0.29) is 18.1 Å². The standard InChI is InChI=1S/C15H23NO3S/c1-15(2,3)11-4-6-12(7-5-11)20(17,18)14-10-19-9-8-13(14)16/h4-7,13-14H,8-10,16H2,1-3H3. The predicted octanol–water partition coefficient (Wildman–Crippen LogP) is 1.87. The van der Waals surface area contributed by atoms with Crippen molar-refractivity contribution in [3.63, 3.8) is 0 Å². The van der Waals surface area contributed by atoms with Crippen molar-refractivity contribution in [3.05, 3.63) is 29.8 Å². The Hall–Kier alpha value is -0.910. The summed E-state index contributed by atoms with van der Waals surface area (Å²) in [6.45, 7) is 7.02. The van der Waals surface area contributed by atoms with Gasteiger partial charge in [0.25, 0.3) is 0 Å². The molecule has 1 saturated heterocycles. The highest BCUT2D eigenvalue weighted by molar-refractivity contribution is 7.92. The summed E-state index contributed by atoms with van der Waals surface area (Å²) in [5, 5.41) is -0.642. The van der Waals surface area contributed by atoms with E-state index in [0.29, 0.717) is 17.9 Å². The lowest BCUT2D eigenvalue weighted by Gasteiger charge is -2.28. The van der Waals surface area contributed by atoms with Crippen LogP contribution in [-0.4, -0.2) is 32.9 Å². The number of sulfone groups is 1. The molecule has 2 N–H and O–H groups in total. The van der Waals surface area contributed by atoms with E-state index in [9.17, 15) is 8.42 Å². The smallest absolute Gasteiger partial charge is 0.185 e. The molecule has 0 bridgehead atoms. The number of nitrogens with two attached hydrogens (primary N) is 1. The minimum atomic E-state index is -3.42. The fourth-order valence-electron chi connectivity index (χ4n) is 2.37. The summed E-state index contributed by atoms with van der Waals surface area (Å²) in [5.74, 6) is 0. The van der Waals surface area contributed by atoms with Gasteiger partial charge in [-0.05, 0) is 29.5 Å². The first-order chi connectivity index (χ1) is 9.23. The van der Waals surface area contributed by atoms with Gasteiger partial charge in [-0.15, -0.1) is 0 Å². The maximum atomic E-state index is 12.6. The van der Waals surface area contributed by atoms with E-state index in [4.69, 9.17) is 10.5 Å². The van der Waals surface area contributed by atoms with E-state index in [1.807, 2.05) is 12.1 Å². The zero-order valence-corrected chi connectivity index (χ0v) is 13.1. The third-order valence-corrected chi connectivity index (χ3v) is 6.01. The molecule has 20 heavy (non-hydrogen) atoms. The number of rotatable bonds is 2. The lowest BCUT2D eigenvalue weighted by molar-refractivity contribution is 0.0891. The van der Waals surface area contributed by atoms with Crippen molar-refractivity contribution in [2.24, 2.45) is 5.73 Å². The van der Waals surface area contributed by atoms with Gasteiger partial charge in [-0.1, -0.05) is 32.9 Å². The SMILES string of the molecule is CC(C)(C)c1ccc(S(=O)(=O)C2COCCC2N)cc1. The monoisotopic (exact) mass is 297 g/mol. The largest absolute Gasteiger partial charge is 0.380 e. The Morgan fingerprint density at radius 3 is 2.30 bits per heavy atom. The van der Waals surface area contributed by atoms with Crippen molar-refractivity contribution in [2.45, 2.75) is 48.8 Å². The summed E-state index contributed by atoms with van der Waals surface area (Å²) in [7, 11) is -3.42. The lowest BCUT2D eigenvalue weighted by atomic mass is 9.87. The van der Waals surface area contributed by atoms with Crippen LogP contribution in [0.4, 0.5) is 0 Å². The van der Waals surface area contributed by atoms with Gasteiger partial charge in [0.1, 0.15) is 5.25 Å². The fraction of sp³-hybridized carbons (Fsp3) is 0.600. The minimum absolute atomic E-state index is 0.00659. The fourth-order valence-corrected chi connectivity index (χ4v) is 4.10. The van der Waals surface area contributed by atoms with Crippen LogP contribution in [0.15, 0.2) is 29.2 Å². The zero-order valence-electron chi connectivity index (χ0n) is 12.3. The highest BCUT2D eigenvalue weighted by Crippen LogP contribution is 2.26. The third-order valence-electron chi connectivity index (χ3n) is 3.80. The highest BCUT2D eigenvalue weighted by atomic mass is 32.2. The Bertz CT molecular complexity index is 558. The van der Waals surface area contributed by atoms with Gasteiger partial charge in [-0.25, -0.2) is 8.42 Å². The van der Waals surface area contributed by atoms with Crippen molar-refractivity contribution in [3.8, 4) is 0 Å². The molecular formula is C15H23NO3S. The van der Waals surface area contributed by atoms with Crippen molar-refractivity contribution in [1.82, 2.24) is 0 Å². The Balaban J connectivity index is 2.30. The molecule has 0 aliphatic carbocycles. The van der Waals surface area contributed by atoms with Crippen LogP contribution in [0.3, 0.4) is 0 Å². The molecular weight excluding hydrogens is 274 g/mol. The number of benzene rings is 1. The molecule has 0 aromatic heterocycles. The first-order valence-electron chi connectivity index (χ1n) is 6.91. The number of hydrogen-bond acceptors (Lipinski definition) is 4. The average Bonchev–Trinajstić information content (AvgIpc) is 2.38. The summed E-state index contributed by atoms with van der Waals surface area (Å²) in [5.41, 5.74) is 7.06. The van der Waals surface area contributed by atoms with Crippen LogP contribution in [0.1, 0.15) is 32.8 Å². The molecule has 5 heteroatoms. The van der Waals surface area contributed by atoms with Crippen molar-refractivity contribution in [1.29, 1.82) is 0 Å². The van der Waals surface area contributed by atoms with Gasteiger partial charge in [0.05, 0.1) is 11.5 Å². The van der Waals surface area contributed by atoms with Crippen LogP contribution in [0.2, 0.25) is 0 Å². The molecule has 1 fully saturated rings. The van der Waals surface area contributed by atoms with Gasteiger partial charge in [-0.2, -0.15) is 0 Å². The van der Waals surface area contributed by atoms with Gasteiger partial charge in [-0.3, -0.25) is 0 Å². The summed E-state index contributed by atoms with van der Waals surface area (Å²) in [6, 6.07) is 6.76. The second-order valence-electron chi connectivity index (χ2n) is 6.39. The second kappa shape index (κ2) is 5.47. The van der Waals surface area contributed by atoms with E-state index >= 15 is 0 Å². The predicted molar refractivity (Wildman–Crippen MR) is 79.5 cm³/mol. The molecule has 1 aliphatic rings. The molecule has 0 saturated carbocycles.